The Bertz CT molecular complexity index is 395. The molecule has 0 aliphatic rings. The fourth-order valence-corrected chi connectivity index (χ4v) is 2.52. The Kier molecular flexibility index (Phi) is 5.07. The van der Waals surface area contributed by atoms with Crippen LogP contribution in [0.1, 0.15) is 6.42 Å². The Morgan fingerprint density at radius 1 is 1.44 bits per heavy atom. The third-order valence-corrected chi connectivity index (χ3v) is 3.56. The first-order valence-electron chi connectivity index (χ1n) is 4.93. The van der Waals surface area contributed by atoms with Crippen molar-refractivity contribution in [3.05, 3.63) is 34.4 Å². The van der Waals surface area contributed by atoms with Crippen LogP contribution in [0.2, 0.25) is 0 Å². The monoisotopic (exact) mass is 242 g/mol. The highest BCUT2D eigenvalue weighted by molar-refractivity contribution is 7.85. The van der Waals surface area contributed by atoms with Crippen LogP contribution < -0.4 is 5.32 Å². The topological polar surface area (TPSA) is 72.2 Å². The molecule has 0 aromatic heterocycles. The van der Waals surface area contributed by atoms with Crippen LogP contribution in [0, 0.1) is 10.1 Å². The minimum atomic E-state index is -1.30. The van der Waals surface area contributed by atoms with E-state index in [0.717, 1.165) is 13.0 Å². The summed E-state index contributed by atoms with van der Waals surface area (Å²) >= 11 is 0. The Morgan fingerprint density at radius 2 is 2.12 bits per heavy atom. The second-order valence-electron chi connectivity index (χ2n) is 3.23. The van der Waals surface area contributed by atoms with E-state index in [2.05, 4.69) is 5.32 Å². The molecule has 0 amide bonds. The molecule has 0 saturated carbocycles. The predicted octanol–water partition coefficient (Wildman–Crippen LogP) is 1.31. The van der Waals surface area contributed by atoms with Gasteiger partial charge in [-0.3, -0.25) is 14.3 Å². The lowest BCUT2D eigenvalue weighted by molar-refractivity contribution is -0.387. The molecule has 1 unspecified atom stereocenters. The van der Waals surface area contributed by atoms with Crippen LogP contribution >= 0.6 is 0 Å². The molecule has 1 aromatic carbocycles. The maximum atomic E-state index is 11.8. The summed E-state index contributed by atoms with van der Waals surface area (Å²) in [6.45, 7) is 0.756. The van der Waals surface area contributed by atoms with Crippen LogP contribution in [0.3, 0.4) is 0 Å². The Hall–Kier alpha value is -1.27. The van der Waals surface area contributed by atoms with Gasteiger partial charge in [0.25, 0.3) is 5.69 Å². The van der Waals surface area contributed by atoms with Gasteiger partial charge in [0, 0.05) is 11.8 Å². The molecule has 88 valence electrons. The van der Waals surface area contributed by atoms with Gasteiger partial charge < -0.3 is 5.32 Å². The molecule has 1 N–H and O–H groups in total. The summed E-state index contributed by atoms with van der Waals surface area (Å²) in [5, 5.41) is 13.7. The summed E-state index contributed by atoms with van der Waals surface area (Å²) < 4.78 is 11.8. The first kappa shape index (κ1) is 12.8. The molecule has 0 radical (unpaired) electrons. The number of nitro groups is 1. The van der Waals surface area contributed by atoms with Crippen LogP contribution in [0.5, 0.6) is 0 Å². The van der Waals surface area contributed by atoms with E-state index in [4.69, 9.17) is 0 Å². The van der Waals surface area contributed by atoms with Gasteiger partial charge in [-0.2, -0.15) is 0 Å². The number of hydrogen-bond donors (Lipinski definition) is 1. The maximum absolute atomic E-state index is 11.8. The van der Waals surface area contributed by atoms with Gasteiger partial charge in [0.1, 0.15) is 4.90 Å². The SMILES string of the molecule is CNCCCS(=O)c1ccccc1[N+](=O)[O-]. The third-order valence-electron chi connectivity index (χ3n) is 2.06. The van der Waals surface area contributed by atoms with Gasteiger partial charge in [0.15, 0.2) is 0 Å². The van der Waals surface area contributed by atoms with Gasteiger partial charge in [0.2, 0.25) is 0 Å². The largest absolute Gasteiger partial charge is 0.320 e. The lowest BCUT2D eigenvalue weighted by atomic mass is 10.3. The van der Waals surface area contributed by atoms with Gasteiger partial charge in [-0.15, -0.1) is 0 Å². The summed E-state index contributed by atoms with van der Waals surface area (Å²) in [5.74, 6) is 0.436. The zero-order chi connectivity index (χ0) is 12.0. The molecule has 0 aliphatic carbocycles. The van der Waals surface area contributed by atoms with Gasteiger partial charge >= 0.3 is 0 Å². The second-order valence-corrected chi connectivity index (χ2v) is 4.77. The van der Waals surface area contributed by atoms with E-state index in [1.807, 2.05) is 7.05 Å². The van der Waals surface area contributed by atoms with Crippen LogP contribution in [0.15, 0.2) is 29.2 Å². The third kappa shape index (κ3) is 3.39. The number of hydrogen-bond acceptors (Lipinski definition) is 4. The summed E-state index contributed by atoms with van der Waals surface area (Å²) in [6, 6.07) is 6.17. The number of nitrogens with one attached hydrogen (secondary N) is 1. The molecule has 0 saturated heterocycles. The highest BCUT2D eigenvalue weighted by Crippen LogP contribution is 2.21. The smallest absolute Gasteiger partial charge is 0.285 e. The molecule has 1 atom stereocenters. The lowest BCUT2D eigenvalue weighted by Crippen LogP contribution is -2.11. The Balaban J connectivity index is 2.78. The standard InChI is InChI=1S/C10H14N2O3S/c1-11-7-4-8-16(15)10-6-3-2-5-9(10)12(13)14/h2-3,5-6,11H,4,7-8H2,1H3. The average Bonchev–Trinajstić information content (AvgIpc) is 2.29. The fourth-order valence-electron chi connectivity index (χ4n) is 1.29. The zero-order valence-electron chi connectivity index (χ0n) is 9.01. The van der Waals surface area contributed by atoms with E-state index in [9.17, 15) is 14.3 Å². The van der Waals surface area contributed by atoms with Crippen molar-refractivity contribution < 1.29 is 9.13 Å². The van der Waals surface area contributed by atoms with E-state index >= 15 is 0 Å². The predicted molar refractivity (Wildman–Crippen MR) is 62.9 cm³/mol. The van der Waals surface area contributed by atoms with Crippen LogP contribution in [0.4, 0.5) is 5.69 Å². The number of rotatable bonds is 6. The molecule has 0 aliphatic heterocycles. The lowest BCUT2D eigenvalue weighted by Gasteiger charge is -2.02. The Labute approximate surface area is 96.5 Å². The van der Waals surface area contributed by atoms with Crippen molar-refractivity contribution in [2.24, 2.45) is 0 Å². The summed E-state index contributed by atoms with van der Waals surface area (Å²) in [6.07, 6.45) is 0.731. The van der Waals surface area contributed by atoms with Crippen molar-refractivity contribution in [3.8, 4) is 0 Å². The number of benzene rings is 1. The number of para-hydroxylation sites is 1. The van der Waals surface area contributed by atoms with Crippen molar-refractivity contribution in [2.75, 3.05) is 19.3 Å². The fraction of sp³-hybridized carbons (Fsp3) is 0.400. The molecule has 6 heteroatoms. The van der Waals surface area contributed by atoms with Crippen molar-refractivity contribution in [1.29, 1.82) is 0 Å². The molecule has 0 fully saturated rings. The van der Waals surface area contributed by atoms with Crippen molar-refractivity contribution >= 4 is 16.5 Å². The molecule has 5 nitrogen and oxygen atoms in total. The van der Waals surface area contributed by atoms with Gasteiger partial charge in [0.05, 0.1) is 15.7 Å². The van der Waals surface area contributed by atoms with Crippen molar-refractivity contribution in [2.45, 2.75) is 11.3 Å². The minimum absolute atomic E-state index is 0.0645. The normalized spacial score (nSPS) is 12.3. The molecule has 1 rings (SSSR count). The Morgan fingerprint density at radius 3 is 2.75 bits per heavy atom. The van der Waals surface area contributed by atoms with E-state index in [-0.39, 0.29) is 5.69 Å². The average molecular weight is 242 g/mol. The molecular weight excluding hydrogens is 228 g/mol. The molecule has 16 heavy (non-hydrogen) atoms. The zero-order valence-corrected chi connectivity index (χ0v) is 9.83. The highest BCUT2D eigenvalue weighted by atomic mass is 32.2. The molecule has 0 spiro atoms. The van der Waals surface area contributed by atoms with E-state index in [0.29, 0.717) is 10.6 Å². The first-order valence-corrected chi connectivity index (χ1v) is 6.25. The van der Waals surface area contributed by atoms with Gasteiger partial charge in [-0.05, 0) is 26.1 Å². The maximum Gasteiger partial charge on any atom is 0.285 e. The summed E-state index contributed by atoms with van der Waals surface area (Å²) in [4.78, 5) is 10.5. The van der Waals surface area contributed by atoms with Crippen LogP contribution in [-0.2, 0) is 10.8 Å². The highest BCUT2D eigenvalue weighted by Gasteiger charge is 2.17. The van der Waals surface area contributed by atoms with Crippen LogP contribution in [0.25, 0.3) is 0 Å². The molecular formula is C10H14N2O3S. The summed E-state index contributed by atoms with van der Waals surface area (Å²) in [7, 11) is 0.515. The molecule has 0 bridgehead atoms. The molecule has 1 aromatic rings. The van der Waals surface area contributed by atoms with E-state index in [1.165, 1.54) is 6.07 Å². The minimum Gasteiger partial charge on any atom is -0.320 e. The van der Waals surface area contributed by atoms with E-state index < -0.39 is 15.7 Å². The van der Waals surface area contributed by atoms with Crippen molar-refractivity contribution in [1.82, 2.24) is 5.32 Å². The number of nitro benzene ring substituents is 1. The number of nitrogens with zero attached hydrogens (tertiary/aromatic N) is 1. The first-order chi connectivity index (χ1) is 7.66. The van der Waals surface area contributed by atoms with Gasteiger partial charge in [-0.1, -0.05) is 12.1 Å². The summed E-state index contributed by atoms with van der Waals surface area (Å²) in [5.41, 5.74) is -0.0645. The quantitative estimate of drug-likeness (QED) is 0.464. The van der Waals surface area contributed by atoms with Crippen LogP contribution in [-0.4, -0.2) is 28.5 Å². The van der Waals surface area contributed by atoms with Gasteiger partial charge in [-0.25, -0.2) is 0 Å². The van der Waals surface area contributed by atoms with E-state index in [1.54, 1.807) is 18.2 Å². The second kappa shape index (κ2) is 6.34. The van der Waals surface area contributed by atoms with Crippen molar-refractivity contribution in [3.63, 3.8) is 0 Å². The molecule has 0 heterocycles.